The first kappa shape index (κ1) is 24.9. The smallest absolute Gasteiger partial charge is 0.468 e. The van der Waals surface area contributed by atoms with Crippen LogP contribution < -0.4 is 4.74 Å². The predicted octanol–water partition coefficient (Wildman–Crippen LogP) is 6.77. The number of ether oxygens (including phenoxy) is 2. The highest BCUT2D eigenvalue weighted by Gasteiger charge is 2.38. The van der Waals surface area contributed by atoms with Crippen molar-refractivity contribution in [1.29, 1.82) is 0 Å². The van der Waals surface area contributed by atoms with Crippen LogP contribution in [0.25, 0.3) is 0 Å². The van der Waals surface area contributed by atoms with Crippen LogP contribution in [0.2, 0.25) is 5.02 Å². The summed E-state index contributed by atoms with van der Waals surface area (Å²) in [5.74, 6) is -0.903. The van der Waals surface area contributed by atoms with Crippen molar-refractivity contribution in [3.63, 3.8) is 0 Å². The second-order valence-electron chi connectivity index (χ2n) is 10.3. The first-order valence-corrected chi connectivity index (χ1v) is 14.1. The zero-order valence-electron chi connectivity index (χ0n) is 24.3. The number of esters is 1. The van der Waals surface area contributed by atoms with Crippen LogP contribution in [-0.2, 0) is 40.6 Å². The predicted molar refractivity (Wildman–Crippen MR) is 141 cm³/mol. The van der Waals surface area contributed by atoms with Gasteiger partial charge in [-0.15, -0.1) is 11.3 Å². The fraction of sp³-hybridized carbons (Fsp3) is 0.560. The molecule has 1 aliphatic heterocycles. The molecule has 1 aliphatic rings. The minimum Gasteiger partial charge on any atom is -0.468 e. The van der Waals surface area contributed by atoms with Crippen LogP contribution in [0, 0.1) is 0 Å². The lowest BCUT2D eigenvalue weighted by atomic mass is 10.0. The zero-order chi connectivity index (χ0) is 29.2. The highest BCUT2D eigenvalue weighted by molar-refractivity contribution is 7.48. The number of benzene rings is 1. The molecule has 0 fully saturated rings. The van der Waals surface area contributed by atoms with E-state index < -0.39 is 38.1 Å². The van der Waals surface area contributed by atoms with Crippen molar-refractivity contribution in [2.75, 3.05) is 20.4 Å². The third kappa shape index (κ3) is 8.02. The van der Waals surface area contributed by atoms with Gasteiger partial charge in [0.05, 0.1) is 22.4 Å². The molecule has 1 aromatic heterocycles. The molecule has 0 radical (unpaired) electrons. The zero-order valence-corrected chi connectivity index (χ0v) is 23.8. The molecule has 0 amide bonds. The van der Waals surface area contributed by atoms with Gasteiger partial charge in [-0.3, -0.25) is 13.9 Å². The quantitative estimate of drug-likeness (QED) is 0.188. The Bertz CT molecular complexity index is 1190. The van der Waals surface area contributed by atoms with E-state index in [1.807, 2.05) is 11.0 Å². The molecule has 0 N–H and O–H groups in total. The molecule has 0 spiro atoms. The van der Waals surface area contributed by atoms with Crippen LogP contribution in [0.15, 0.2) is 30.3 Å². The molecule has 8 nitrogen and oxygen atoms in total. The number of phosphoric acid groups is 1. The molecule has 1 aromatic carbocycles. The number of halogens is 1. The van der Waals surface area contributed by atoms with E-state index in [2.05, 4.69) is 0 Å². The van der Waals surface area contributed by atoms with Gasteiger partial charge in [-0.25, -0.2) is 13.9 Å². The summed E-state index contributed by atoms with van der Waals surface area (Å²) in [6.45, 7) is 10.9. The maximum atomic E-state index is 13.2. The summed E-state index contributed by atoms with van der Waals surface area (Å²) in [4.78, 5) is 15.9. The number of phosphoric ester groups is 1. The summed E-state index contributed by atoms with van der Waals surface area (Å²) >= 11 is 7.79. The van der Waals surface area contributed by atoms with Crippen molar-refractivity contribution in [2.24, 2.45) is 0 Å². The summed E-state index contributed by atoms with van der Waals surface area (Å²) in [5.41, 5.74) is -0.179. The van der Waals surface area contributed by atoms with Gasteiger partial charge in [-0.1, -0.05) is 29.8 Å². The minimum atomic E-state index is -3.93. The Balaban J connectivity index is 1.74. The highest BCUT2D eigenvalue weighted by Crippen LogP contribution is 2.55. The third-order valence-electron chi connectivity index (χ3n) is 4.95. The lowest BCUT2D eigenvalue weighted by Crippen LogP contribution is -2.38. The van der Waals surface area contributed by atoms with E-state index in [0.717, 1.165) is 10.4 Å². The number of rotatable bonds is 9. The molecule has 0 saturated heterocycles. The Morgan fingerprint density at radius 3 is 2.47 bits per heavy atom. The molecule has 2 heterocycles. The van der Waals surface area contributed by atoms with Gasteiger partial charge in [-0.05, 0) is 71.2 Å². The van der Waals surface area contributed by atoms with Crippen LogP contribution in [0.3, 0.4) is 0 Å². The first-order valence-electron chi connectivity index (χ1n) is 13.0. The maximum Gasteiger partial charge on any atom is 0.478 e. The van der Waals surface area contributed by atoms with Crippen molar-refractivity contribution in [3.8, 4) is 5.06 Å². The van der Waals surface area contributed by atoms with E-state index in [1.165, 1.54) is 11.3 Å². The molecule has 200 valence electrons. The minimum absolute atomic E-state index is 0.334. The summed E-state index contributed by atoms with van der Waals surface area (Å²) in [5, 5.41) is 0.862. The van der Waals surface area contributed by atoms with Gasteiger partial charge in [0, 0.05) is 23.0 Å². The standard InChI is InChI=1S/C25H35ClNO7PS/c1-24(2,3)33-35(29,34-25(4,5)6)32-16-31-21-14-17-15-27(13-12-20(17)36-21)22(23(28)30-7)18-10-8-9-11-19(18)26/h8-11,14,22H,12-13,15-16H2,1-7H3/t22-/m0/s1/i7D3. The fourth-order valence-electron chi connectivity index (χ4n) is 3.74. The third-order valence-corrected chi connectivity index (χ3v) is 8.40. The topological polar surface area (TPSA) is 83.5 Å². The molecular weight excluding hydrogens is 525 g/mol. The van der Waals surface area contributed by atoms with E-state index in [1.54, 1.807) is 65.8 Å². The number of hydrogen-bond donors (Lipinski definition) is 0. The number of carbonyl (C=O) groups excluding carboxylic acids is 1. The Hall–Kier alpha value is -1.45. The van der Waals surface area contributed by atoms with Crippen molar-refractivity contribution >= 4 is 36.7 Å². The molecule has 2 aromatic rings. The number of nitrogens with zero attached hydrogens (tertiary/aromatic N) is 1. The average Bonchev–Trinajstić information content (AvgIpc) is 3.13. The lowest BCUT2D eigenvalue weighted by Gasteiger charge is -2.33. The molecule has 36 heavy (non-hydrogen) atoms. The van der Waals surface area contributed by atoms with Gasteiger partial charge >= 0.3 is 13.8 Å². The molecule has 0 aliphatic carbocycles. The Kier molecular flexibility index (Phi) is 7.96. The Labute approximate surface area is 226 Å². The van der Waals surface area contributed by atoms with Crippen LogP contribution >= 0.6 is 30.8 Å². The number of carbonyl (C=O) groups is 1. The first-order chi connectivity index (χ1) is 17.8. The summed E-state index contributed by atoms with van der Waals surface area (Å²) in [6, 6.07) is 7.59. The number of methoxy groups -OCH3 is 1. The molecule has 3 rings (SSSR count). The second kappa shape index (κ2) is 11.5. The van der Waals surface area contributed by atoms with Crippen molar-refractivity contribution < 1.29 is 36.5 Å². The van der Waals surface area contributed by atoms with E-state index in [0.29, 0.717) is 35.2 Å². The van der Waals surface area contributed by atoms with Crippen LogP contribution in [0.1, 0.15) is 67.7 Å². The molecule has 1 atom stereocenters. The molecule has 0 bridgehead atoms. The van der Waals surface area contributed by atoms with Gasteiger partial charge in [0.2, 0.25) is 6.79 Å². The van der Waals surface area contributed by atoms with Gasteiger partial charge in [0.25, 0.3) is 0 Å². The Morgan fingerprint density at radius 1 is 1.19 bits per heavy atom. The van der Waals surface area contributed by atoms with Crippen LogP contribution in [0.4, 0.5) is 0 Å². The normalized spacial score (nSPS) is 17.5. The number of fused-ring (bicyclic) bond motifs is 1. The molecule has 0 unspecified atom stereocenters. The van der Waals surface area contributed by atoms with Crippen LogP contribution in [0.5, 0.6) is 5.06 Å². The van der Waals surface area contributed by atoms with Crippen molar-refractivity contribution in [3.05, 3.63) is 51.4 Å². The fourth-order valence-corrected chi connectivity index (χ4v) is 6.64. The van der Waals surface area contributed by atoms with E-state index in [-0.39, 0.29) is 6.79 Å². The monoisotopic (exact) mass is 562 g/mol. The van der Waals surface area contributed by atoms with Crippen molar-refractivity contribution in [2.45, 2.75) is 71.8 Å². The van der Waals surface area contributed by atoms with E-state index >= 15 is 0 Å². The second-order valence-corrected chi connectivity index (χ2v) is 13.3. The highest BCUT2D eigenvalue weighted by atomic mass is 35.5. The SMILES string of the molecule is [2H]C([2H])([2H])OC(=O)[C@H](c1ccccc1Cl)N1CCc2sc(OCOP(=O)(OC(C)(C)C)OC(C)(C)C)cc2C1. The summed E-state index contributed by atoms with van der Waals surface area (Å²) < 4.78 is 62.6. The van der Waals surface area contributed by atoms with Crippen LogP contribution in [-0.4, -0.2) is 42.4 Å². The van der Waals surface area contributed by atoms with Gasteiger partial charge in [-0.2, -0.15) is 0 Å². The van der Waals surface area contributed by atoms with Gasteiger partial charge in [0.15, 0.2) is 5.06 Å². The Morgan fingerprint density at radius 2 is 1.86 bits per heavy atom. The average molecular weight is 563 g/mol. The summed E-state index contributed by atoms with van der Waals surface area (Å²) in [7, 11) is -6.82. The van der Waals surface area contributed by atoms with E-state index in [4.69, 9.17) is 38.8 Å². The summed E-state index contributed by atoms with van der Waals surface area (Å²) in [6.07, 6.45) is 0.588. The maximum absolute atomic E-state index is 13.2. The number of thiophene rings is 1. The molecular formula is C25H35ClNO7PS. The lowest BCUT2D eigenvalue weighted by molar-refractivity contribution is -0.147. The van der Waals surface area contributed by atoms with Crippen molar-refractivity contribution in [1.82, 2.24) is 4.90 Å². The largest absolute Gasteiger partial charge is 0.478 e. The molecule has 11 heteroatoms. The van der Waals surface area contributed by atoms with E-state index in [9.17, 15) is 9.36 Å². The van der Waals surface area contributed by atoms with Gasteiger partial charge in [0.1, 0.15) is 6.04 Å². The molecule has 0 saturated carbocycles. The number of hydrogen-bond acceptors (Lipinski definition) is 9. The van der Waals surface area contributed by atoms with Gasteiger partial charge < -0.3 is 9.47 Å².